The van der Waals surface area contributed by atoms with Crippen LogP contribution in [0.2, 0.25) is 0 Å². The molecule has 1 aromatic carbocycles. The fourth-order valence-corrected chi connectivity index (χ4v) is 3.63. The minimum atomic E-state index is -4.50. The molecule has 0 bridgehead atoms. The zero-order valence-corrected chi connectivity index (χ0v) is 13.0. The zero-order chi connectivity index (χ0) is 16.6. The van der Waals surface area contributed by atoms with Crippen LogP contribution in [0.15, 0.2) is 18.2 Å². The molecule has 1 amide bonds. The van der Waals surface area contributed by atoms with E-state index in [2.05, 4.69) is 0 Å². The van der Waals surface area contributed by atoms with E-state index in [4.69, 9.17) is 4.74 Å². The van der Waals surface area contributed by atoms with Crippen molar-refractivity contribution in [3.8, 4) is 0 Å². The largest absolute Gasteiger partial charge is 0.411 e. The summed E-state index contributed by atoms with van der Waals surface area (Å²) in [6.07, 6.45) is -1.87. The van der Waals surface area contributed by atoms with Crippen molar-refractivity contribution in [1.82, 2.24) is 4.90 Å². The number of benzene rings is 1. The first-order valence-corrected chi connectivity index (χ1v) is 7.99. The van der Waals surface area contributed by atoms with Crippen molar-refractivity contribution in [1.29, 1.82) is 0 Å². The molecule has 0 aromatic heterocycles. The van der Waals surface area contributed by atoms with E-state index in [0.717, 1.165) is 41.7 Å². The van der Waals surface area contributed by atoms with Gasteiger partial charge in [0, 0.05) is 12.1 Å². The van der Waals surface area contributed by atoms with E-state index < -0.39 is 24.2 Å². The second-order valence-electron chi connectivity index (χ2n) is 6.21. The molecule has 23 heavy (non-hydrogen) atoms. The van der Waals surface area contributed by atoms with Crippen LogP contribution in [0.5, 0.6) is 0 Å². The van der Waals surface area contributed by atoms with Crippen molar-refractivity contribution in [2.24, 2.45) is 0 Å². The van der Waals surface area contributed by atoms with E-state index in [1.807, 2.05) is 6.07 Å². The third-order valence-corrected chi connectivity index (χ3v) is 4.72. The van der Waals surface area contributed by atoms with Gasteiger partial charge in [0.2, 0.25) is 0 Å². The predicted molar refractivity (Wildman–Crippen MR) is 79.4 cm³/mol. The van der Waals surface area contributed by atoms with Gasteiger partial charge in [-0.2, -0.15) is 13.2 Å². The lowest BCUT2D eigenvalue weighted by molar-refractivity contribution is -0.220. The van der Waals surface area contributed by atoms with Gasteiger partial charge in [-0.1, -0.05) is 12.1 Å². The SMILES string of the molecule is C[C@@H]1OCCN(C(=O)c2cccc3c2CCCC3)[C@@H]1C(F)(F)F. The van der Waals surface area contributed by atoms with Crippen LogP contribution in [0, 0.1) is 0 Å². The number of morpholine rings is 1. The smallest absolute Gasteiger partial charge is 0.374 e. The first kappa shape index (κ1) is 16.3. The molecule has 1 aromatic rings. The maximum absolute atomic E-state index is 13.4. The zero-order valence-electron chi connectivity index (χ0n) is 13.0. The Balaban J connectivity index is 1.96. The number of nitrogens with zero attached hydrogens (tertiary/aromatic N) is 1. The number of hydrogen-bond donors (Lipinski definition) is 0. The Hall–Kier alpha value is -1.56. The van der Waals surface area contributed by atoms with Gasteiger partial charge < -0.3 is 9.64 Å². The number of carbonyl (C=O) groups excluding carboxylic acids is 1. The molecule has 0 saturated carbocycles. The number of aryl methyl sites for hydroxylation is 1. The lowest BCUT2D eigenvalue weighted by Gasteiger charge is -2.41. The Kier molecular flexibility index (Phi) is 4.36. The molecule has 1 fully saturated rings. The van der Waals surface area contributed by atoms with Gasteiger partial charge in [-0.25, -0.2) is 0 Å². The molecular weight excluding hydrogens is 307 g/mol. The Morgan fingerprint density at radius 3 is 2.74 bits per heavy atom. The van der Waals surface area contributed by atoms with Crippen molar-refractivity contribution in [3.05, 3.63) is 34.9 Å². The highest BCUT2D eigenvalue weighted by molar-refractivity contribution is 5.96. The van der Waals surface area contributed by atoms with Crippen molar-refractivity contribution >= 4 is 5.91 Å². The number of rotatable bonds is 1. The van der Waals surface area contributed by atoms with E-state index in [1.54, 1.807) is 12.1 Å². The molecule has 1 aliphatic carbocycles. The number of amides is 1. The number of halogens is 3. The summed E-state index contributed by atoms with van der Waals surface area (Å²) < 4.78 is 45.3. The van der Waals surface area contributed by atoms with Crippen LogP contribution in [-0.4, -0.2) is 42.3 Å². The Bertz CT molecular complexity index is 600. The molecule has 0 unspecified atom stereocenters. The summed E-state index contributed by atoms with van der Waals surface area (Å²) in [6.45, 7) is 1.48. The third kappa shape index (κ3) is 3.09. The number of hydrogen-bond acceptors (Lipinski definition) is 2. The summed E-state index contributed by atoms with van der Waals surface area (Å²) in [5.74, 6) is -0.527. The lowest BCUT2D eigenvalue weighted by Crippen LogP contribution is -2.59. The minimum Gasteiger partial charge on any atom is -0.374 e. The number of ether oxygens (including phenoxy) is 1. The van der Waals surface area contributed by atoms with Gasteiger partial charge in [0.1, 0.15) is 0 Å². The molecule has 3 rings (SSSR count). The molecule has 6 heteroatoms. The first-order valence-electron chi connectivity index (χ1n) is 7.99. The second-order valence-corrected chi connectivity index (χ2v) is 6.21. The van der Waals surface area contributed by atoms with E-state index >= 15 is 0 Å². The van der Waals surface area contributed by atoms with E-state index in [0.29, 0.717) is 5.56 Å². The van der Waals surface area contributed by atoms with Gasteiger partial charge in [0.05, 0.1) is 12.7 Å². The molecule has 2 atom stereocenters. The average Bonchev–Trinajstić information content (AvgIpc) is 2.52. The van der Waals surface area contributed by atoms with Gasteiger partial charge in [-0.15, -0.1) is 0 Å². The van der Waals surface area contributed by atoms with Gasteiger partial charge >= 0.3 is 6.18 Å². The Labute approximate surface area is 133 Å². The van der Waals surface area contributed by atoms with E-state index in [9.17, 15) is 18.0 Å². The van der Waals surface area contributed by atoms with Crippen LogP contribution in [0.1, 0.15) is 41.3 Å². The third-order valence-electron chi connectivity index (χ3n) is 4.72. The van der Waals surface area contributed by atoms with Gasteiger partial charge in [-0.05, 0) is 49.8 Å². The van der Waals surface area contributed by atoms with Gasteiger partial charge in [0.25, 0.3) is 5.91 Å². The monoisotopic (exact) mass is 327 g/mol. The van der Waals surface area contributed by atoms with E-state index in [1.165, 1.54) is 6.92 Å². The van der Waals surface area contributed by atoms with Crippen LogP contribution in [-0.2, 0) is 17.6 Å². The van der Waals surface area contributed by atoms with Crippen LogP contribution in [0.4, 0.5) is 13.2 Å². The summed E-state index contributed by atoms with van der Waals surface area (Å²) in [4.78, 5) is 13.8. The number of alkyl halides is 3. The molecule has 1 heterocycles. The molecule has 0 radical (unpaired) electrons. The molecular formula is C17H20F3NO2. The Morgan fingerprint density at radius 1 is 1.26 bits per heavy atom. The maximum atomic E-state index is 13.4. The summed E-state index contributed by atoms with van der Waals surface area (Å²) in [7, 11) is 0. The van der Waals surface area contributed by atoms with Gasteiger partial charge in [0.15, 0.2) is 6.04 Å². The van der Waals surface area contributed by atoms with Crippen LogP contribution in [0.25, 0.3) is 0 Å². The first-order chi connectivity index (χ1) is 10.9. The predicted octanol–water partition coefficient (Wildman–Crippen LogP) is 3.36. The fourth-order valence-electron chi connectivity index (χ4n) is 3.63. The lowest BCUT2D eigenvalue weighted by atomic mass is 9.87. The molecule has 126 valence electrons. The highest BCUT2D eigenvalue weighted by Crippen LogP contribution is 2.33. The Morgan fingerprint density at radius 2 is 2.00 bits per heavy atom. The van der Waals surface area contributed by atoms with Crippen molar-refractivity contribution in [2.75, 3.05) is 13.2 Å². The van der Waals surface area contributed by atoms with Crippen molar-refractivity contribution in [2.45, 2.75) is 50.9 Å². The molecule has 2 aliphatic rings. The van der Waals surface area contributed by atoms with Crippen LogP contribution in [0.3, 0.4) is 0 Å². The highest BCUT2D eigenvalue weighted by Gasteiger charge is 2.51. The minimum absolute atomic E-state index is 0.0307. The molecule has 1 saturated heterocycles. The molecule has 0 spiro atoms. The van der Waals surface area contributed by atoms with Crippen LogP contribution >= 0.6 is 0 Å². The molecule has 3 nitrogen and oxygen atoms in total. The van der Waals surface area contributed by atoms with Crippen LogP contribution < -0.4 is 0 Å². The normalized spacial score (nSPS) is 25.1. The standard InChI is InChI=1S/C17H20F3NO2/c1-11-15(17(18,19)20)21(9-10-23-11)16(22)14-8-4-6-12-5-2-3-7-13(12)14/h4,6,8,11,15H,2-3,5,7,9-10H2,1H3/t11-,15-/m0/s1. The summed E-state index contributed by atoms with van der Waals surface area (Å²) in [6, 6.07) is 3.50. The van der Waals surface area contributed by atoms with E-state index in [-0.39, 0.29) is 13.2 Å². The van der Waals surface area contributed by atoms with Crippen molar-refractivity contribution < 1.29 is 22.7 Å². The highest BCUT2D eigenvalue weighted by atomic mass is 19.4. The molecule has 0 N–H and O–H groups in total. The second kappa shape index (κ2) is 6.15. The number of carbonyl (C=O) groups is 1. The summed E-state index contributed by atoms with van der Waals surface area (Å²) in [5.41, 5.74) is 2.43. The fraction of sp³-hybridized carbons (Fsp3) is 0.588. The quantitative estimate of drug-likeness (QED) is 0.792. The summed E-state index contributed by atoms with van der Waals surface area (Å²) >= 11 is 0. The topological polar surface area (TPSA) is 29.5 Å². The van der Waals surface area contributed by atoms with Crippen molar-refractivity contribution in [3.63, 3.8) is 0 Å². The maximum Gasteiger partial charge on any atom is 0.411 e. The number of fused-ring (bicyclic) bond motifs is 1. The van der Waals surface area contributed by atoms with Gasteiger partial charge in [-0.3, -0.25) is 4.79 Å². The molecule has 1 aliphatic heterocycles. The average molecular weight is 327 g/mol. The summed E-state index contributed by atoms with van der Waals surface area (Å²) in [5, 5.41) is 0.